The van der Waals surface area contributed by atoms with Crippen molar-refractivity contribution in [1.29, 1.82) is 0 Å². The number of imide groups is 1. The van der Waals surface area contributed by atoms with Crippen molar-refractivity contribution in [1.82, 2.24) is 25.0 Å². The topological polar surface area (TPSA) is 132 Å². The summed E-state index contributed by atoms with van der Waals surface area (Å²) in [7, 11) is 3.40. The van der Waals surface area contributed by atoms with Gasteiger partial charge in [-0.25, -0.2) is 9.37 Å². The molecule has 2 fully saturated rings. The van der Waals surface area contributed by atoms with Gasteiger partial charge in [0.15, 0.2) is 0 Å². The molecule has 1 saturated carbocycles. The number of nitrogens with one attached hydrogen (secondary N) is 1. The van der Waals surface area contributed by atoms with Crippen LogP contribution in [0.25, 0.3) is 22.0 Å². The quantitative estimate of drug-likeness (QED) is 0.139. The maximum Gasteiger partial charge on any atom is 0.433 e. The van der Waals surface area contributed by atoms with Crippen molar-refractivity contribution in [3.63, 3.8) is 0 Å². The van der Waals surface area contributed by atoms with E-state index < -0.39 is 41.1 Å². The zero-order valence-corrected chi connectivity index (χ0v) is 28.0. The van der Waals surface area contributed by atoms with E-state index in [4.69, 9.17) is 15.6 Å². The van der Waals surface area contributed by atoms with Gasteiger partial charge in [0.2, 0.25) is 11.8 Å². The summed E-state index contributed by atoms with van der Waals surface area (Å²) in [5.41, 5.74) is 5.63. The number of nitrogens with zero attached hydrogens (tertiary/aromatic N) is 4. The number of piperidine rings is 1. The molecular weight excluding hydrogens is 668 g/mol. The number of hydrogen-bond donors (Lipinski definition) is 2. The van der Waals surface area contributed by atoms with Gasteiger partial charge >= 0.3 is 6.18 Å². The minimum Gasteiger partial charge on any atom is -0.496 e. The molecule has 2 aromatic carbocycles. The number of ether oxygens (including phenoxy) is 1. The first-order valence-electron chi connectivity index (χ1n) is 16.6. The predicted molar refractivity (Wildman–Crippen MR) is 180 cm³/mol. The molecule has 1 unspecified atom stereocenters. The molecule has 51 heavy (non-hydrogen) atoms. The van der Waals surface area contributed by atoms with Gasteiger partial charge in [-0.05, 0) is 81.0 Å². The molecule has 6 rings (SSSR count). The summed E-state index contributed by atoms with van der Waals surface area (Å²) in [6.07, 6.45) is 1.43. The molecule has 3 heterocycles. The molecule has 266 valence electrons. The fourth-order valence-electron chi connectivity index (χ4n) is 6.89. The number of carbonyl (C=O) groups is 3. The van der Waals surface area contributed by atoms with Crippen LogP contribution in [0.15, 0.2) is 48.7 Å². The number of rotatable bonds is 8. The van der Waals surface area contributed by atoms with E-state index in [0.717, 1.165) is 43.7 Å². The lowest BCUT2D eigenvalue weighted by Gasteiger charge is -2.30. The molecule has 1 aliphatic heterocycles. The van der Waals surface area contributed by atoms with E-state index in [9.17, 15) is 31.9 Å². The molecular formula is C37H36F4N6O4. The number of fused-ring (bicyclic) bond motifs is 1. The second kappa shape index (κ2) is 14.5. The summed E-state index contributed by atoms with van der Waals surface area (Å²) in [5, 5.41) is 7.80. The number of halogens is 4. The molecule has 3 N–H and O–H groups in total. The Labute approximate surface area is 291 Å². The van der Waals surface area contributed by atoms with Crippen LogP contribution in [0, 0.1) is 23.6 Å². The van der Waals surface area contributed by atoms with Gasteiger partial charge in [0, 0.05) is 41.7 Å². The highest BCUT2D eigenvalue weighted by molar-refractivity contribution is 6.01. The monoisotopic (exact) mass is 704 g/mol. The number of primary amides is 1. The SMILES string of the molecule is COc1cc2nn(C3CCC(CN(C)CC#Cc4ccc(C5CCC(=O)NC5=O)cc4F)CC3)cc2cc1-c1ccc(C(F)(F)F)nc1C(N)=O. The van der Waals surface area contributed by atoms with Crippen LogP contribution < -0.4 is 15.8 Å². The molecule has 2 aromatic heterocycles. The Morgan fingerprint density at radius 2 is 1.84 bits per heavy atom. The first-order chi connectivity index (χ1) is 24.3. The molecule has 0 radical (unpaired) electrons. The largest absolute Gasteiger partial charge is 0.496 e. The van der Waals surface area contributed by atoms with E-state index in [-0.39, 0.29) is 29.5 Å². The van der Waals surface area contributed by atoms with E-state index >= 15 is 0 Å². The average molecular weight is 705 g/mol. The highest BCUT2D eigenvalue weighted by Crippen LogP contribution is 2.39. The van der Waals surface area contributed by atoms with Crippen LogP contribution in [0.5, 0.6) is 5.75 Å². The summed E-state index contributed by atoms with van der Waals surface area (Å²) in [5.74, 6) is 3.83. The predicted octanol–water partition coefficient (Wildman–Crippen LogP) is 5.60. The van der Waals surface area contributed by atoms with Gasteiger partial charge in [0.25, 0.3) is 5.91 Å². The summed E-state index contributed by atoms with van der Waals surface area (Å²) in [6.45, 7) is 1.28. The lowest BCUT2D eigenvalue weighted by atomic mass is 9.86. The third kappa shape index (κ3) is 7.88. The van der Waals surface area contributed by atoms with Crippen molar-refractivity contribution in [2.45, 2.75) is 56.7 Å². The molecule has 3 amide bonds. The Kier molecular flexibility index (Phi) is 10.1. The zero-order valence-electron chi connectivity index (χ0n) is 28.0. The Hall–Kier alpha value is -5.29. The fourth-order valence-corrected chi connectivity index (χ4v) is 6.89. The minimum absolute atomic E-state index is 0.129. The fraction of sp³-hybridized carbons (Fsp3) is 0.378. The van der Waals surface area contributed by atoms with E-state index in [1.807, 2.05) is 17.9 Å². The number of hydrogen-bond acceptors (Lipinski definition) is 7. The lowest BCUT2D eigenvalue weighted by Crippen LogP contribution is -2.39. The number of pyridine rings is 1. The molecule has 1 saturated heterocycles. The lowest BCUT2D eigenvalue weighted by molar-refractivity contribution is -0.141. The number of amides is 3. The maximum absolute atomic E-state index is 14.8. The van der Waals surface area contributed by atoms with E-state index in [2.05, 4.69) is 27.0 Å². The third-order valence-electron chi connectivity index (χ3n) is 9.52. The van der Waals surface area contributed by atoms with Crippen molar-refractivity contribution in [2.75, 3.05) is 27.2 Å². The van der Waals surface area contributed by atoms with Crippen molar-refractivity contribution in [3.8, 4) is 28.7 Å². The summed E-state index contributed by atoms with van der Waals surface area (Å²) >= 11 is 0. The van der Waals surface area contributed by atoms with Crippen LogP contribution in [-0.2, 0) is 15.8 Å². The molecule has 14 heteroatoms. The molecule has 0 spiro atoms. The smallest absolute Gasteiger partial charge is 0.433 e. The van der Waals surface area contributed by atoms with E-state index in [1.54, 1.807) is 24.3 Å². The normalized spacial score (nSPS) is 19.5. The molecule has 0 bridgehead atoms. The Balaban J connectivity index is 1.07. The van der Waals surface area contributed by atoms with Crippen molar-refractivity contribution < 1.29 is 36.7 Å². The number of alkyl halides is 3. The Bertz CT molecular complexity index is 2060. The van der Waals surface area contributed by atoms with Crippen molar-refractivity contribution in [2.24, 2.45) is 11.7 Å². The molecule has 1 atom stereocenters. The van der Waals surface area contributed by atoms with Gasteiger partial charge in [-0.1, -0.05) is 17.9 Å². The van der Waals surface area contributed by atoms with Crippen LogP contribution in [0.2, 0.25) is 0 Å². The number of nitrogens with two attached hydrogens (primary N) is 1. The summed E-state index contributed by atoms with van der Waals surface area (Å²) in [4.78, 5) is 41.3. The van der Waals surface area contributed by atoms with Crippen LogP contribution >= 0.6 is 0 Å². The molecule has 2 aliphatic rings. The number of aromatic nitrogens is 3. The number of carbonyl (C=O) groups excluding carboxylic acids is 3. The first-order valence-corrected chi connectivity index (χ1v) is 16.6. The van der Waals surface area contributed by atoms with Gasteiger partial charge in [-0.3, -0.25) is 29.3 Å². The van der Waals surface area contributed by atoms with Gasteiger partial charge in [-0.2, -0.15) is 18.3 Å². The third-order valence-corrected chi connectivity index (χ3v) is 9.52. The molecule has 4 aromatic rings. The van der Waals surface area contributed by atoms with Gasteiger partial charge in [-0.15, -0.1) is 0 Å². The van der Waals surface area contributed by atoms with Gasteiger partial charge in [0.1, 0.15) is 23.0 Å². The maximum atomic E-state index is 14.8. The Morgan fingerprint density at radius 3 is 2.51 bits per heavy atom. The van der Waals surface area contributed by atoms with Crippen LogP contribution in [0.1, 0.15) is 77.8 Å². The molecule has 10 nitrogen and oxygen atoms in total. The highest BCUT2D eigenvalue weighted by atomic mass is 19.4. The van der Waals surface area contributed by atoms with Crippen molar-refractivity contribution >= 4 is 28.6 Å². The highest BCUT2D eigenvalue weighted by Gasteiger charge is 2.34. The minimum atomic E-state index is -4.74. The number of methoxy groups -OCH3 is 1. The van der Waals surface area contributed by atoms with Gasteiger partial charge < -0.3 is 10.5 Å². The zero-order chi connectivity index (χ0) is 36.4. The first kappa shape index (κ1) is 35.5. The van der Waals surface area contributed by atoms with Crippen LogP contribution in [-0.4, -0.2) is 64.6 Å². The second-order valence-corrected chi connectivity index (χ2v) is 13.1. The number of benzene rings is 2. The van der Waals surface area contributed by atoms with Crippen molar-refractivity contribution in [3.05, 3.63) is 77.0 Å². The van der Waals surface area contributed by atoms with E-state index in [1.165, 1.54) is 19.2 Å². The molecule has 1 aliphatic carbocycles. The van der Waals surface area contributed by atoms with Crippen LogP contribution in [0.3, 0.4) is 0 Å². The second-order valence-electron chi connectivity index (χ2n) is 13.1. The van der Waals surface area contributed by atoms with Gasteiger partial charge in [0.05, 0.1) is 36.7 Å². The average Bonchev–Trinajstić information content (AvgIpc) is 3.51. The van der Waals surface area contributed by atoms with Crippen LogP contribution in [0.4, 0.5) is 17.6 Å². The van der Waals surface area contributed by atoms with E-state index in [0.29, 0.717) is 41.3 Å². The Morgan fingerprint density at radius 1 is 1.08 bits per heavy atom. The summed E-state index contributed by atoms with van der Waals surface area (Å²) in [6, 6.07) is 10.1. The standard InChI is InChI=1S/C37H36F4N6O4/c1-46(15-3-4-22-7-8-23(17-29(22)38)26-12-14-33(48)44-36(26)50)19-21-5-9-25(10-6-21)47-20-24-16-28(31(51-2)18-30(24)45-47)27-11-13-32(37(39,40)41)43-34(27)35(42)49/h7-8,11,13,16-18,20-21,25-26H,5-6,9-10,12,14-15,19H2,1-2H3,(H2,42,49)(H,44,48,50). The summed E-state index contributed by atoms with van der Waals surface area (Å²) < 4.78 is 62.1.